The number of anilines is 1. The number of hydrogen-bond donors (Lipinski definition) is 3. The van der Waals surface area contributed by atoms with Gasteiger partial charge in [-0.3, -0.25) is 5.32 Å². The van der Waals surface area contributed by atoms with Crippen molar-refractivity contribution in [2.75, 3.05) is 11.9 Å². The molecule has 2 amide bonds. The minimum Gasteiger partial charge on any atom is -0.388 e. The summed E-state index contributed by atoms with van der Waals surface area (Å²) in [7, 11) is 0. The van der Waals surface area contributed by atoms with Crippen molar-refractivity contribution >= 4 is 11.8 Å². The number of urea groups is 1. The molecule has 1 aromatic heterocycles. The predicted molar refractivity (Wildman–Crippen MR) is 66.8 cm³/mol. The van der Waals surface area contributed by atoms with E-state index in [1.54, 1.807) is 24.4 Å². The Bertz CT molecular complexity index is 350. The molecule has 1 rings (SSSR count). The summed E-state index contributed by atoms with van der Waals surface area (Å²) in [5.74, 6) is 0.488. The quantitative estimate of drug-likeness (QED) is 0.730. The third kappa shape index (κ3) is 4.40. The molecule has 0 atom stereocenters. The van der Waals surface area contributed by atoms with Gasteiger partial charge < -0.3 is 10.4 Å². The maximum atomic E-state index is 11.5. The summed E-state index contributed by atoms with van der Waals surface area (Å²) in [6.45, 7) is 4.02. The molecule has 0 radical (unpaired) electrons. The molecule has 0 bridgehead atoms. The topological polar surface area (TPSA) is 74.2 Å². The first kappa shape index (κ1) is 13.4. The highest BCUT2D eigenvalue weighted by molar-refractivity contribution is 5.88. The van der Waals surface area contributed by atoms with Crippen LogP contribution in [0.25, 0.3) is 0 Å². The summed E-state index contributed by atoms with van der Waals surface area (Å²) in [5, 5.41) is 15.2. The smallest absolute Gasteiger partial charge is 0.320 e. The van der Waals surface area contributed by atoms with E-state index in [-0.39, 0.29) is 12.6 Å². The number of aromatic nitrogens is 1. The molecule has 0 unspecified atom stereocenters. The number of hydrogen-bond acceptors (Lipinski definition) is 3. The first-order chi connectivity index (χ1) is 8.09. The summed E-state index contributed by atoms with van der Waals surface area (Å²) < 4.78 is 0. The fourth-order valence-corrected chi connectivity index (χ4v) is 1.34. The number of carbonyl (C=O) groups is 1. The van der Waals surface area contributed by atoms with E-state index < -0.39 is 5.60 Å². The summed E-state index contributed by atoms with van der Waals surface area (Å²) in [4.78, 5) is 15.5. The van der Waals surface area contributed by atoms with Crippen molar-refractivity contribution < 1.29 is 9.90 Å². The summed E-state index contributed by atoms with van der Waals surface area (Å²) in [6, 6.07) is 4.90. The van der Waals surface area contributed by atoms with Gasteiger partial charge in [-0.15, -0.1) is 0 Å². The van der Waals surface area contributed by atoms with Gasteiger partial charge in [0.1, 0.15) is 5.82 Å². The Morgan fingerprint density at radius 2 is 2.12 bits per heavy atom. The lowest BCUT2D eigenvalue weighted by molar-refractivity contribution is 0.0354. The van der Waals surface area contributed by atoms with Gasteiger partial charge in [0.15, 0.2) is 0 Å². The van der Waals surface area contributed by atoms with Crippen molar-refractivity contribution in [2.24, 2.45) is 0 Å². The Kier molecular flexibility index (Phi) is 4.90. The maximum Gasteiger partial charge on any atom is 0.320 e. The Balaban J connectivity index is 2.41. The first-order valence-corrected chi connectivity index (χ1v) is 5.78. The average molecular weight is 237 g/mol. The van der Waals surface area contributed by atoms with Gasteiger partial charge in [0.05, 0.1) is 5.60 Å². The first-order valence-electron chi connectivity index (χ1n) is 5.78. The van der Waals surface area contributed by atoms with Gasteiger partial charge in [0.2, 0.25) is 0 Å². The van der Waals surface area contributed by atoms with E-state index in [1.165, 1.54) is 0 Å². The third-order valence-electron chi connectivity index (χ3n) is 2.80. The van der Waals surface area contributed by atoms with E-state index in [1.807, 2.05) is 13.8 Å². The van der Waals surface area contributed by atoms with Crippen molar-refractivity contribution in [1.29, 1.82) is 0 Å². The van der Waals surface area contributed by atoms with Crippen molar-refractivity contribution in [2.45, 2.75) is 32.3 Å². The van der Waals surface area contributed by atoms with E-state index in [9.17, 15) is 9.90 Å². The standard InChI is InChI=1S/C12H19N3O2/c1-3-12(17,4-2)9-14-11(16)15-10-7-5-6-8-13-10/h5-8,17H,3-4,9H2,1-2H3,(H2,13,14,15,16). The van der Waals surface area contributed by atoms with Crippen LogP contribution in [-0.2, 0) is 0 Å². The molecule has 0 aliphatic rings. The van der Waals surface area contributed by atoms with E-state index in [2.05, 4.69) is 15.6 Å². The van der Waals surface area contributed by atoms with Crippen LogP contribution in [0.15, 0.2) is 24.4 Å². The number of pyridine rings is 1. The van der Waals surface area contributed by atoms with Crippen LogP contribution in [-0.4, -0.2) is 28.3 Å². The van der Waals surface area contributed by atoms with Gasteiger partial charge in [0, 0.05) is 12.7 Å². The van der Waals surface area contributed by atoms with Gasteiger partial charge in [-0.25, -0.2) is 9.78 Å². The fourth-order valence-electron chi connectivity index (χ4n) is 1.34. The summed E-state index contributed by atoms with van der Waals surface area (Å²) >= 11 is 0. The lowest BCUT2D eigenvalue weighted by Gasteiger charge is -2.25. The van der Waals surface area contributed by atoms with Crippen molar-refractivity contribution in [3.05, 3.63) is 24.4 Å². The second kappa shape index (κ2) is 6.20. The Hall–Kier alpha value is -1.62. The number of aliphatic hydroxyl groups is 1. The molecule has 94 valence electrons. The average Bonchev–Trinajstić information content (AvgIpc) is 2.37. The highest BCUT2D eigenvalue weighted by Gasteiger charge is 2.22. The van der Waals surface area contributed by atoms with Gasteiger partial charge in [-0.1, -0.05) is 19.9 Å². The van der Waals surface area contributed by atoms with Crippen LogP contribution in [0.1, 0.15) is 26.7 Å². The Morgan fingerprint density at radius 3 is 2.65 bits per heavy atom. The van der Waals surface area contributed by atoms with Crippen LogP contribution in [0.4, 0.5) is 10.6 Å². The third-order valence-corrected chi connectivity index (χ3v) is 2.80. The highest BCUT2D eigenvalue weighted by Crippen LogP contribution is 2.12. The van der Waals surface area contributed by atoms with Crippen LogP contribution in [0.2, 0.25) is 0 Å². The number of nitrogens with zero attached hydrogens (tertiary/aromatic N) is 1. The zero-order valence-electron chi connectivity index (χ0n) is 10.2. The lowest BCUT2D eigenvalue weighted by atomic mass is 9.98. The number of carbonyl (C=O) groups excluding carboxylic acids is 1. The summed E-state index contributed by atoms with van der Waals surface area (Å²) in [5.41, 5.74) is -0.832. The maximum absolute atomic E-state index is 11.5. The van der Waals surface area contributed by atoms with Gasteiger partial charge in [0.25, 0.3) is 0 Å². The Labute approximate surface area is 101 Å². The Morgan fingerprint density at radius 1 is 1.41 bits per heavy atom. The van der Waals surface area contributed by atoms with Crippen molar-refractivity contribution in [3.8, 4) is 0 Å². The SMILES string of the molecule is CCC(O)(CC)CNC(=O)Nc1ccccn1. The molecule has 0 aliphatic carbocycles. The normalized spacial score (nSPS) is 11.0. The fraction of sp³-hybridized carbons (Fsp3) is 0.500. The molecule has 17 heavy (non-hydrogen) atoms. The molecule has 1 aromatic rings. The second-order valence-electron chi connectivity index (χ2n) is 3.95. The molecule has 0 aliphatic heterocycles. The lowest BCUT2D eigenvalue weighted by Crippen LogP contribution is -2.43. The molecule has 0 aromatic carbocycles. The molecule has 0 saturated heterocycles. The number of rotatable bonds is 5. The molecular formula is C12H19N3O2. The molecule has 5 heteroatoms. The van der Waals surface area contributed by atoms with E-state index >= 15 is 0 Å². The number of nitrogens with one attached hydrogen (secondary N) is 2. The van der Waals surface area contributed by atoms with E-state index in [4.69, 9.17) is 0 Å². The molecule has 0 saturated carbocycles. The monoisotopic (exact) mass is 237 g/mol. The molecular weight excluding hydrogens is 218 g/mol. The van der Waals surface area contributed by atoms with Gasteiger partial charge in [-0.05, 0) is 25.0 Å². The molecule has 1 heterocycles. The van der Waals surface area contributed by atoms with Crippen LogP contribution in [0.3, 0.4) is 0 Å². The van der Waals surface area contributed by atoms with Crippen molar-refractivity contribution in [1.82, 2.24) is 10.3 Å². The minimum atomic E-state index is -0.832. The highest BCUT2D eigenvalue weighted by atomic mass is 16.3. The zero-order chi connectivity index (χ0) is 12.7. The second-order valence-corrected chi connectivity index (χ2v) is 3.95. The van der Waals surface area contributed by atoms with Crippen LogP contribution < -0.4 is 10.6 Å². The van der Waals surface area contributed by atoms with E-state index in [0.29, 0.717) is 18.7 Å². The van der Waals surface area contributed by atoms with Gasteiger partial charge >= 0.3 is 6.03 Å². The van der Waals surface area contributed by atoms with Crippen molar-refractivity contribution in [3.63, 3.8) is 0 Å². The van der Waals surface area contributed by atoms with Crippen LogP contribution in [0.5, 0.6) is 0 Å². The molecule has 0 fully saturated rings. The molecule has 5 nitrogen and oxygen atoms in total. The van der Waals surface area contributed by atoms with E-state index in [0.717, 1.165) is 0 Å². The predicted octanol–water partition coefficient (Wildman–Crippen LogP) is 1.75. The molecule has 0 spiro atoms. The van der Waals surface area contributed by atoms with Crippen LogP contribution in [0, 0.1) is 0 Å². The zero-order valence-corrected chi connectivity index (χ0v) is 10.2. The van der Waals surface area contributed by atoms with Gasteiger partial charge in [-0.2, -0.15) is 0 Å². The number of amides is 2. The summed E-state index contributed by atoms with van der Waals surface area (Å²) in [6.07, 6.45) is 2.81. The minimum absolute atomic E-state index is 0.235. The molecule has 3 N–H and O–H groups in total. The largest absolute Gasteiger partial charge is 0.388 e. The van der Waals surface area contributed by atoms with Crippen LogP contribution >= 0.6 is 0 Å².